The molecule has 0 aromatic carbocycles. The van der Waals surface area contributed by atoms with Gasteiger partial charge in [-0.1, -0.05) is 70.4 Å². The first kappa shape index (κ1) is 35.0. The molecule has 0 aliphatic carbocycles. The zero-order valence-electron chi connectivity index (χ0n) is 16.1. The molecule has 0 atom stereocenters. The Labute approximate surface area is 188 Å². The van der Waals surface area contributed by atoms with Crippen LogP contribution in [0.5, 0.6) is 0 Å². The zero-order valence-corrected chi connectivity index (χ0v) is 19.8. The normalized spacial score (nSPS) is 10.5. The van der Waals surface area contributed by atoms with E-state index in [9.17, 15) is 9.90 Å². The summed E-state index contributed by atoms with van der Waals surface area (Å²) in [5.74, 6) is -0.914. The molecule has 0 bridgehead atoms. The molecule has 0 aliphatic rings. The van der Waals surface area contributed by atoms with Crippen molar-refractivity contribution in [2.75, 3.05) is 0 Å². The number of rotatable bonds is 15. The summed E-state index contributed by atoms with van der Waals surface area (Å²) in [6.07, 6.45) is 20.9. The van der Waals surface area contributed by atoms with Crippen LogP contribution in [0.1, 0.15) is 96.8 Å². The number of hydrogen-bond acceptors (Lipinski definition) is 6. The molecule has 6 nitrogen and oxygen atoms in total. The Hall–Kier alpha value is 0.487. The molecule has 0 aromatic heterocycles. The molecule has 0 fully saturated rings. The Kier molecular flexibility index (Phi) is 34.3. The number of carboxylic acid groups (broad SMARTS) is 1. The maximum absolute atomic E-state index is 10.2. The number of unbranched alkanes of at least 4 members (excludes halogenated alkanes) is 11. The van der Waals surface area contributed by atoms with E-state index < -0.39 is 20.5 Å². The number of aliphatic carboxylic acids is 1. The summed E-state index contributed by atoms with van der Waals surface area (Å²) in [6.45, 7) is 2.26. The molecule has 0 N–H and O–H groups in total. The number of carbonyl (C=O) groups excluding carboxylic acids is 1. The van der Waals surface area contributed by atoms with E-state index in [1.54, 1.807) is 0 Å². The van der Waals surface area contributed by atoms with Gasteiger partial charge < -0.3 is 9.90 Å². The van der Waals surface area contributed by atoms with E-state index in [1.165, 1.54) is 64.2 Å². The summed E-state index contributed by atoms with van der Waals surface area (Å²) < 4.78 is 34.4. The third kappa shape index (κ3) is 51.9. The predicted octanol–water partition coefficient (Wildman–Crippen LogP) is 0.702. The minimum Gasteiger partial charge on any atom is 2.00 e. The summed E-state index contributed by atoms with van der Waals surface area (Å²) in [5, 5.41) is 10.2. The molecule has 168 valence electrons. The summed E-state index contributed by atoms with van der Waals surface area (Å²) in [6, 6.07) is 0. The summed E-state index contributed by atoms with van der Waals surface area (Å²) in [5.41, 5.74) is 0. The Morgan fingerprint density at radius 2 is 1.07 bits per heavy atom. The Morgan fingerprint density at radius 3 is 1.44 bits per heavy atom. The van der Waals surface area contributed by atoms with Gasteiger partial charge in [0.15, 0.2) is 0 Å². The van der Waals surface area contributed by atoms with Crippen LogP contribution >= 0.6 is 0 Å². The molecule has 0 unspecified atom stereocenters. The van der Waals surface area contributed by atoms with Crippen LogP contribution in [0.4, 0.5) is 0 Å². The van der Waals surface area contributed by atoms with Crippen LogP contribution in [0.25, 0.3) is 0 Å². The minimum absolute atomic E-state index is 0. The van der Waals surface area contributed by atoms with Gasteiger partial charge in [-0.3, -0.25) is 0 Å². The van der Waals surface area contributed by atoms with Crippen molar-refractivity contribution in [3.8, 4) is 0 Å². The average Bonchev–Trinajstić information content (AvgIpc) is 2.49. The fraction of sp³-hybridized carbons (Fsp3) is 0.833. The van der Waals surface area contributed by atoms with Crippen LogP contribution in [0.15, 0.2) is 12.2 Å². The van der Waals surface area contributed by atoms with Gasteiger partial charge in [-0.25, -0.2) is 0 Å². The molecule has 9 heteroatoms. The molecule has 0 rings (SSSR count). The molecule has 0 spiro atoms. The van der Waals surface area contributed by atoms with E-state index in [0.29, 0.717) is 0 Å². The van der Waals surface area contributed by atoms with Crippen molar-refractivity contribution >= 4 is 20.5 Å². The van der Waals surface area contributed by atoms with E-state index in [2.05, 4.69) is 19.1 Å². The molecular weight excluding hydrogens is 514 g/mol. The second kappa shape index (κ2) is 26.5. The smallest absolute Gasteiger partial charge is 2.00 e. The van der Waals surface area contributed by atoms with Crippen LogP contribution in [0.3, 0.4) is 0 Å². The fourth-order valence-corrected chi connectivity index (χ4v) is 2.34. The molecule has 0 saturated heterocycles. The molecule has 0 amide bonds. The van der Waals surface area contributed by atoms with Gasteiger partial charge in [-0.05, 0) is 38.5 Å². The number of allylic oxidation sites excluding steroid dienone is 2. The van der Waals surface area contributed by atoms with Crippen molar-refractivity contribution < 1.29 is 60.1 Å². The van der Waals surface area contributed by atoms with Crippen LogP contribution in [-0.2, 0) is 42.7 Å². The van der Waals surface area contributed by atoms with Crippen molar-refractivity contribution in [2.45, 2.75) is 96.8 Å². The topological polar surface area (TPSA) is 126 Å². The Bertz CT molecular complexity index is 367. The Morgan fingerprint density at radius 1 is 0.741 bits per heavy atom. The van der Waals surface area contributed by atoms with Gasteiger partial charge in [0.2, 0.25) is 0 Å². The maximum Gasteiger partial charge on any atom is 2.00 e. The van der Waals surface area contributed by atoms with Crippen molar-refractivity contribution in [3.05, 3.63) is 12.2 Å². The second-order valence-corrected chi connectivity index (χ2v) is 8.03. The molecule has 0 aliphatic heterocycles. The third-order valence-corrected chi connectivity index (χ3v) is 3.64. The quantitative estimate of drug-likeness (QED) is 0.169. The maximum atomic E-state index is 10.2. The van der Waals surface area contributed by atoms with Crippen molar-refractivity contribution in [2.24, 2.45) is 0 Å². The van der Waals surface area contributed by atoms with E-state index >= 15 is 0 Å². The fourth-order valence-electron chi connectivity index (χ4n) is 2.34. The van der Waals surface area contributed by atoms with E-state index in [1.807, 2.05) is 0 Å². The van der Waals surface area contributed by atoms with Crippen molar-refractivity contribution in [3.63, 3.8) is 0 Å². The summed E-state index contributed by atoms with van der Waals surface area (Å²) in [4.78, 5) is 10.2. The zero-order chi connectivity index (χ0) is 19.4. The molecule has 0 saturated carbocycles. The molecule has 27 heavy (non-hydrogen) atoms. The van der Waals surface area contributed by atoms with Gasteiger partial charge in [0, 0.05) is 5.97 Å². The van der Waals surface area contributed by atoms with E-state index in [4.69, 9.17) is 16.0 Å². The Balaban J connectivity index is -0.000000333. The van der Waals surface area contributed by atoms with Gasteiger partial charge in [0.05, 0.1) is 0 Å². The monoisotopic (exact) mass is 546 g/mol. The van der Waals surface area contributed by atoms with Crippen LogP contribution in [0, 0.1) is 0 Å². The summed E-state index contributed by atoms with van der Waals surface area (Å²) >= 11 is -5.88. The van der Waals surface area contributed by atoms with Crippen LogP contribution in [0.2, 0.25) is 0 Å². The predicted molar refractivity (Wildman–Crippen MR) is 90.9 cm³/mol. The average molecular weight is 547 g/mol. The first-order valence-electron chi connectivity index (χ1n) is 9.35. The van der Waals surface area contributed by atoms with Crippen LogP contribution < -0.4 is 17.4 Å². The van der Waals surface area contributed by atoms with Gasteiger partial charge in [0.25, 0.3) is 0 Å². The van der Waals surface area contributed by atoms with Gasteiger partial charge in [-0.15, -0.1) is 0 Å². The van der Waals surface area contributed by atoms with Crippen molar-refractivity contribution in [1.29, 1.82) is 0 Å². The van der Waals surface area contributed by atoms with E-state index in [0.717, 1.165) is 19.3 Å². The summed E-state index contributed by atoms with van der Waals surface area (Å²) in [7, 11) is 0. The third-order valence-electron chi connectivity index (χ3n) is 3.64. The minimum atomic E-state index is -5.88. The molecule has 2 radical (unpaired) electrons. The van der Waals surface area contributed by atoms with Gasteiger partial charge in [-0.2, -0.15) is 0 Å². The number of carbonyl (C=O) groups is 1. The molecule has 0 aromatic rings. The largest absolute Gasteiger partial charge is 2.00 e. The van der Waals surface area contributed by atoms with E-state index in [-0.39, 0.29) is 40.6 Å². The number of carboxylic acids is 1. The second-order valence-electron chi connectivity index (χ2n) is 6.15. The van der Waals surface area contributed by atoms with Crippen LogP contribution in [-0.4, -0.2) is 20.5 Å². The molecular formula is C18H33AsCu2O6. The SMILES string of the molecule is CCCCCCCC/C=C\CCCCCCCC(=O)[O-].O=[As]([O-])([O-])[O-].[Cu+2].[Cu+2]. The molecule has 0 heterocycles. The number of hydrogen-bond donors (Lipinski definition) is 0. The van der Waals surface area contributed by atoms with Gasteiger partial charge in [0.1, 0.15) is 0 Å². The standard InChI is InChI=1S/C18H34O2.AsH3O4.2Cu/c1-2-3-4-5-6-7-8-9-10-11-12-13-14-15-16-17-18(19)20;2-1(3,4)5;;/h9-10H,2-8,11-17H2,1H3,(H,19,20);(H3,2,3,4,5);;/q;;2*+2/p-4/b10-9-;;;. The first-order valence-corrected chi connectivity index (χ1v) is 12.4. The van der Waals surface area contributed by atoms with Gasteiger partial charge >= 0.3 is 64.7 Å². The first-order chi connectivity index (χ1) is 11.8. The van der Waals surface area contributed by atoms with Crippen molar-refractivity contribution in [1.82, 2.24) is 0 Å².